The lowest BCUT2D eigenvalue weighted by Gasteiger charge is -2.13. The summed E-state index contributed by atoms with van der Waals surface area (Å²) < 4.78 is 5.75. The van der Waals surface area contributed by atoms with Crippen LogP contribution in [0.3, 0.4) is 0 Å². The summed E-state index contributed by atoms with van der Waals surface area (Å²) in [6, 6.07) is 23.1. The second-order valence-corrected chi connectivity index (χ2v) is 7.13. The van der Waals surface area contributed by atoms with Crippen molar-refractivity contribution in [3.63, 3.8) is 0 Å². The summed E-state index contributed by atoms with van der Waals surface area (Å²) in [7, 11) is 0. The molecule has 0 bridgehead atoms. The molecule has 0 atom stereocenters. The summed E-state index contributed by atoms with van der Waals surface area (Å²) in [5.74, 6) is -0.496. The Morgan fingerprint density at radius 2 is 1.77 bits per heavy atom. The van der Waals surface area contributed by atoms with Crippen LogP contribution in [0.25, 0.3) is 6.08 Å². The number of halogens is 1. The monoisotopic (exact) mass is 429 g/mol. The van der Waals surface area contributed by atoms with E-state index in [1.54, 1.807) is 54.6 Å². The molecule has 1 N–H and O–H groups in total. The Morgan fingerprint density at radius 1 is 1.03 bits per heavy atom. The molecule has 31 heavy (non-hydrogen) atoms. The van der Waals surface area contributed by atoms with E-state index in [0.717, 1.165) is 5.56 Å². The maximum Gasteiger partial charge on any atom is 0.282 e. The van der Waals surface area contributed by atoms with E-state index in [0.29, 0.717) is 27.6 Å². The van der Waals surface area contributed by atoms with Crippen molar-refractivity contribution in [2.45, 2.75) is 6.61 Å². The van der Waals surface area contributed by atoms with Crippen molar-refractivity contribution in [3.05, 3.63) is 100 Å². The predicted molar refractivity (Wildman–Crippen MR) is 117 cm³/mol. The molecule has 7 heteroatoms. The minimum absolute atomic E-state index is 0.0107. The van der Waals surface area contributed by atoms with Gasteiger partial charge in [-0.2, -0.15) is 5.26 Å². The Morgan fingerprint density at radius 3 is 2.52 bits per heavy atom. The van der Waals surface area contributed by atoms with Crippen molar-refractivity contribution >= 4 is 35.2 Å². The first kappa shape index (κ1) is 20.2. The van der Waals surface area contributed by atoms with Gasteiger partial charge in [0.05, 0.1) is 22.3 Å². The molecule has 1 heterocycles. The van der Waals surface area contributed by atoms with E-state index in [1.165, 1.54) is 11.1 Å². The van der Waals surface area contributed by atoms with Gasteiger partial charge in [0.15, 0.2) is 0 Å². The van der Waals surface area contributed by atoms with Crippen LogP contribution in [0, 0.1) is 11.3 Å². The van der Waals surface area contributed by atoms with Gasteiger partial charge in [0.25, 0.3) is 11.8 Å². The zero-order valence-electron chi connectivity index (χ0n) is 16.2. The largest absolute Gasteiger partial charge is 0.487 e. The normalized spacial score (nSPS) is 14.5. The lowest BCUT2D eigenvalue weighted by molar-refractivity contribution is -0.117. The van der Waals surface area contributed by atoms with E-state index in [1.807, 2.05) is 18.2 Å². The highest BCUT2D eigenvalue weighted by Crippen LogP contribution is 2.28. The molecular weight excluding hydrogens is 414 g/mol. The van der Waals surface area contributed by atoms with Crippen LogP contribution >= 0.6 is 11.6 Å². The highest BCUT2D eigenvalue weighted by atomic mass is 35.5. The number of carbonyl (C=O) groups excluding carboxylic acids is 2. The first-order chi connectivity index (χ1) is 15.1. The average molecular weight is 430 g/mol. The number of hydrazine groups is 1. The molecule has 0 unspecified atom stereocenters. The molecule has 1 saturated heterocycles. The van der Waals surface area contributed by atoms with Crippen LogP contribution in [0.5, 0.6) is 5.75 Å². The van der Waals surface area contributed by atoms with E-state index < -0.39 is 11.8 Å². The van der Waals surface area contributed by atoms with Gasteiger partial charge in [0.2, 0.25) is 0 Å². The van der Waals surface area contributed by atoms with Crippen LogP contribution in [-0.2, 0) is 16.2 Å². The molecule has 1 fully saturated rings. The quantitative estimate of drug-likeness (QED) is 0.485. The molecular formula is C24H16ClN3O3. The predicted octanol–water partition coefficient (Wildman–Crippen LogP) is 4.25. The molecule has 3 aromatic rings. The summed E-state index contributed by atoms with van der Waals surface area (Å²) >= 11 is 6.34. The average Bonchev–Trinajstić information content (AvgIpc) is 3.07. The molecule has 0 aliphatic carbocycles. The van der Waals surface area contributed by atoms with Gasteiger partial charge >= 0.3 is 0 Å². The van der Waals surface area contributed by atoms with Crippen LogP contribution in [0.15, 0.2) is 78.4 Å². The number of amides is 2. The number of benzene rings is 3. The van der Waals surface area contributed by atoms with Crippen molar-refractivity contribution in [2.24, 2.45) is 0 Å². The highest BCUT2D eigenvalue weighted by molar-refractivity contribution is 6.33. The fraction of sp³-hybridized carbons (Fsp3) is 0.0417. The number of nitrogens with one attached hydrogen (secondary N) is 1. The molecule has 0 saturated carbocycles. The summed E-state index contributed by atoms with van der Waals surface area (Å²) in [4.78, 5) is 25.0. The topological polar surface area (TPSA) is 82.4 Å². The Balaban J connectivity index is 1.51. The third-order valence-electron chi connectivity index (χ3n) is 4.69. The van der Waals surface area contributed by atoms with Crippen LogP contribution in [0.4, 0.5) is 5.69 Å². The fourth-order valence-corrected chi connectivity index (χ4v) is 3.36. The van der Waals surface area contributed by atoms with Crippen LogP contribution < -0.4 is 15.2 Å². The van der Waals surface area contributed by atoms with Gasteiger partial charge in [-0.1, -0.05) is 54.1 Å². The van der Waals surface area contributed by atoms with Gasteiger partial charge < -0.3 is 4.74 Å². The summed E-state index contributed by atoms with van der Waals surface area (Å²) in [5.41, 5.74) is 5.02. The third-order valence-corrected chi connectivity index (χ3v) is 4.99. The number of anilines is 1. The molecule has 1 aliphatic heterocycles. The second kappa shape index (κ2) is 8.74. The highest BCUT2D eigenvalue weighted by Gasteiger charge is 2.34. The van der Waals surface area contributed by atoms with Crippen molar-refractivity contribution in [3.8, 4) is 11.8 Å². The van der Waals surface area contributed by atoms with E-state index >= 15 is 0 Å². The maximum atomic E-state index is 12.7. The standard InChI is InChI=1S/C24H16ClN3O3/c25-21-13-16(10-11-22(21)31-15-18-7-5-4-6-17(18)14-26)12-20-23(29)27-28(24(20)30)19-8-2-1-3-9-19/h1-13H,15H2,(H,27,29)/b20-12-. The minimum Gasteiger partial charge on any atom is -0.487 e. The van der Waals surface area contributed by atoms with Gasteiger partial charge in [-0.15, -0.1) is 0 Å². The summed E-state index contributed by atoms with van der Waals surface area (Å²) in [6.45, 7) is 0.191. The van der Waals surface area contributed by atoms with Gasteiger partial charge in [-0.3, -0.25) is 15.0 Å². The van der Waals surface area contributed by atoms with Crippen LogP contribution in [0.2, 0.25) is 5.02 Å². The molecule has 2 amide bonds. The molecule has 0 radical (unpaired) electrons. The number of hydrogen-bond donors (Lipinski definition) is 1. The van der Waals surface area contributed by atoms with Crippen molar-refractivity contribution in [1.82, 2.24) is 5.43 Å². The molecule has 0 spiro atoms. The fourth-order valence-electron chi connectivity index (χ4n) is 3.12. The lowest BCUT2D eigenvalue weighted by atomic mass is 10.1. The SMILES string of the molecule is N#Cc1ccccc1COc1ccc(/C=C2/C(=O)NN(c3ccccc3)C2=O)cc1Cl. The van der Waals surface area contributed by atoms with Gasteiger partial charge in [-0.25, -0.2) is 5.01 Å². The van der Waals surface area contributed by atoms with Gasteiger partial charge in [0, 0.05) is 5.56 Å². The van der Waals surface area contributed by atoms with E-state index in [4.69, 9.17) is 16.3 Å². The van der Waals surface area contributed by atoms with Gasteiger partial charge in [-0.05, 0) is 42.0 Å². The molecule has 1 aliphatic rings. The minimum atomic E-state index is -0.488. The smallest absolute Gasteiger partial charge is 0.282 e. The van der Waals surface area contributed by atoms with Crippen molar-refractivity contribution < 1.29 is 14.3 Å². The lowest BCUT2D eigenvalue weighted by Crippen LogP contribution is -2.35. The Hall–Kier alpha value is -4.08. The Labute approximate surface area is 183 Å². The molecule has 4 rings (SSSR count). The number of ether oxygens (including phenoxy) is 1. The number of para-hydroxylation sites is 1. The molecule has 0 aromatic heterocycles. The van der Waals surface area contributed by atoms with Crippen molar-refractivity contribution in [1.29, 1.82) is 5.26 Å². The van der Waals surface area contributed by atoms with Crippen molar-refractivity contribution in [2.75, 3.05) is 5.01 Å². The number of hydrogen-bond acceptors (Lipinski definition) is 4. The van der Waals surface area contributed by atoms with E-state index in [-0.39, 0.29) is 12.2 Å². The van der Waals surface area contributed by atoms with E-state index in [9.17, 15) is 14.9 Å². The number of carbonyl (C=O) groups is 2. The maximum absolute atomic E-state index is 12.7. The summed E-state index contributed by atoms with van der Waals surface area (Å²) in [5, 5.41) is 10.7. The second-order valence-electron chi connectivity index (χ2n) is 6.72. The Bertz CT molecular complexity index is 1230. The number of nitrogens with zero attached hydrogens (tertiary/aromatic N) is 2. The zero-order chi connectivity index (χ0) is 21.8. The van der Waals surface area contributed by atoms with E-state index in [2.05, 4.69) is 11.5 Å². The zero-order valence-corrected chi connectivity index (χ0v) is 17.0. The first-order valence-corrected chi connectivity index (χ1v) is 9.77. The molecule has 6 nitrogen and oxygen atoms in total. The van der Waals surface area contributed by atoms with Crippen LogP contribution in [0.1, 0.15) is 16.7 Å². The first-order valence-electron chi connectivity index (χ1n) is 9.39. The molecule has 3 aromatic carbocycles. The third kappa shape index (κ3) is 4.27. The number of rotatable bonds is 5. The van der Waals surface area contributed by atoms with Gasteiger partial charge in [0.1, 0.15) is 17.9 Å². The summed E-state index contributed by atoms with van der Waals surface area (Å²) in [6.07, 6.45) is 1.49. The Kier molecular flexibility index (Phi) is 5.69. The molecule has 152 valence electrons. The van der Waals surface area contributed by atoms with Crippen LogP contribution in [-0.4, -0.2) is 11.8 Å². The number of nitriles is 1.